The number of fused-ring (bicyclic) bond motifs is 1. The highest BCUT2D eigenvalue weighted by molar-refractivity contribution is 7.22. The van der Waals surface area contributed by atoms with Gasteiger partial charge in [0.15, 0.2) is 16.6 Å². The fourth-order valence-corrected chi connectivity index (χ4v) is 4.49. The van der Waals surface area contributed by atoms with E-state index in [0.717, 1.165) is 10.2 Å². The maximum atomic E-state index is 13.6. The van der Waals surface area contributed by atoms with E-state index in [9.17, 15) is 4.79 Å². The SMILES string of the molecule is COc1ccc(N(C(=O)c2ccc(Cl)cc2Cl)c2nc3ccccc3s2)cc1OC. The van der Waals surface area contributed by atoms with Gasteiger partial charge in [-0.15, -0.1) is 0 Å². The van der Waals surface area contributed by atoms with Crippen LogP contribution in [0.3, 0.4) is 0 Å². The molecule has 0 spiro atoms. The first kappa shape index (κ1) is 20.5. The monoisotopic (exact) mass is 458 g/mol. The highest BCUT2D eigenvalue weighted by Crippen LogP contribution is 2.39. The lowest BCUT2D eigenvalue weighted by Gasteiger charge is -2.22. The van der Waals surface area contributed by atoms with Gasteiger partial charge in [0.25, 0.3) is 5.91 Å². The second-order valence-electron chi connectivity index (χ2n) is 6.27. The van der Waals surface area contributed by atoms with Gasteiger partial charge < -0.3 is 9.47 Å². The van der Waals surface area contributed by atoms with Crippen molar-refractivity contribution < 1.29 is 14.3 Å². The number of nitrogens with zero attached hydrogens (tertiary/aromatic N) is 2. The van der Waals surface area contributed by atoms with Crippen LogP contribution in [0, 0.1) is 0 Å². The average Bonchev–Trinajstić information content (AvgIpc) is 3.17. The van der Waals surface area contributed by atoms with Crippen molar-refractivity contribution in [3.63, 3.8) is 0 Å². The summed E-state index contributed by atoms with van der Waals surface area (Å²) in [7, 11) is 3.10. The van der Waals surface area contributed by atoms with Crippen LogP contribution in [0.1, 0.15) is 10.4 Å². The Balaban J connectivity index is 1.89. The van der Waals surface area contributed by atoms with Crippen molar-refractivity contribution >= 4 is 61.5 Å². The van der Waals surface area contributed by atoms with Gasteiger partial charge in [0, 0.05) is 11.1 Å². The number of rotatable bonds is 5. The number of ether oxygens (including phenoxy) is 2. The van der Waals surface area contributed by atoms with Gasteiger partial charge in [-0.05, 0) is 42.5 Å². The summed E-state index contributed by atoms with van der Waals surface area (Å²) in [4.78, 5) is 19.8. The summed E-state index contributed by atoms with van der Waals surface area (Å²) in [6.07, 6.45) is 0. The van der Waals surface area contributed by atoms with Gasteiger partial charge >= 0.3 is 0 Å². The van der Waals surface area contributed by atoms with Crippen LogP contribution in [-0.2, 0) is 0 Å². The van der Waals surface area contributed by atoms with Gasteiger partial charge in [0.05, 0.1) is 40.7 Å². The normalized spacial score (nSPS) is 10.8. The minimum absolute atomic E-state index is 0.263. The standard InChI is InChI=1S/C22H16Cl2N2O3S/c1-28-18-10-8-14(12-19(18)29-2)26(21(27)15-9-7-13(23)11-16(15)24)22-25-17-5-3-4-6-20(17)30-22/h3-12H,1-2H3. The Morgan fingerprint density at radius 2 is 1.73 bits per heavy atom. The van der Waals surface area contributed by atoms with Crippen LogP contribution in [0.15, 0.2) is 60.7 Å². The zero-order valence-corrected chi connectivity index (χ0v) is 18.4. The number of hydrogen-bond donors (Lipinski definition) is 0. The molecule has 0 aliphatic rings. The Kier molecular flexibility index (Phi) is 5.81. The number of carbonyl (C=O) groups excluding carboxylic acids is 1. The van der Waals surface area contributed by atoms with Crippen molar-refractivity contribution in [3.8, 4) is 11.5 Å². The van der Waals surface area contributed by atoms with E-state index < -0.39 is 0 Å². The predicted molar refractivity (Wildman–Crippen MR) is 122 cm³/mol. The third-order valence-electron chi connectivity index (χ3n) is 4.46. The molecule has 5 nitrogen and oxygen atoms in total. The molecule has 0 fully saturated rings. The van der Waals surface area contributed by atoms with E-state index in [2.05, 4.69) is 4.98 Å². The molecule has 1 heterocycles. The number of hydrogen-bond acceptors (Lipinski definition) is 5. The van der Waals surface area contributed by atoms with E-state index in [1.54, 1.807) is 50.6 Å². The summed E-state index contributed by atoms with van der Waals surface area (Å²) in [5, 5.41) is 1.23. The summed E-state index contributed by atoms with van der Waals surface area (Å²) in [6, 6.07) is 17.7. The van der Waals surface area contributed by atoms with Crippen LogP contribution in [0.25, 0.3) is 10.2 Å². The van der Waals surface area contributed by atoms with Gasteiger partial charge in [-0.3, -0.25) is 9.69 Å². The molecule has 8 heteroatoms. The van der Waals surface area contributed by atoms with Crippen LogP contribution in [0.2, 0.25) is 10.0 Å². The Labute approximate surface area is 187 Å². The van der Waals surface area contributed by atoms with Crippen molar-refractivity contribution in [1.29, 1.82) is 0 Å². The molecule has 0 radical (unpaired) electrons. The number of amides is 1. The lowest BCUT2D eigenvalue weighted by Crippen LogP contribution is -2.26. The highest BCUT2D eigenvalue weighted by atomic mass is 35.5. The fourth-order valence-electron chi connectivity index (χ4n) is 3.02. The first-order valence-electron chi connectivity index (χ1n) is 8.89. The summed E-state index contributed by atoms with van der Waals surface area (Å²) < 4.78 is 11.7. The van der Waals surface area contributed by atoms with E-state index >= 15 is 0 Å². The number of benzene rings is 3. The van der Waals surface area contributed by atoms with Gasteiger partial charge in [0.1, 0.15) is 0 Å². The lowest BCUT2D eigenvalue weighted by molar-refractivity contribution is 0.0999. The highest BCUT2D eigenvalue weighted by Gasteiger charge is 2.26. The van der Waals surface area contributed by atoms with Crippen LogP contribution in [-0.4, -0.2) is 25.1 Å². The van der Waals surface area contributed by atoms with Crippen LogP contribution < -0.4 is 14.4 Å². The topological polar surface area (TPSA) is 51.7 Å². The van der Waals surface area contributed by atoms with Crippen molar-refractivity contribution in [2.24, 2.45) is 0 Å². The van der Waals surface area contributed by atoms with Gasteiger partial charge in [-0.25, -0.2) is 4.98 Å². The van der Waals surface area contributed by atoms with Crippen molar-refractivity contribution in [3.05, 3.63) is 76.3 Å². The Morgan fingerprint density at radius 3 is 2.43 bits per heavy atom. The molecule has 4 aromatic rings. The molecule has 0 atom stereocenters. The maximum Gasteiger partial charge on any atom is 0.266 e. The van der Waals surface area contributed by atoms with E-state index in [1.807, 2.05) is 24.3 Å². The second-order valence-corrected chi connectivity index (χ2v) is 8.12. The van der Waals surface area contributed by atoms with E-state index in [1.165, 1.54) is 16.2 Å². The minimum atomic E-state index is -0.331. The third kappa shape index (κ3) is 3.81. The van der Waals surface area contributed by atoms with Crippen molar-refractivity contribution in [1.82, 2.24) is 4.98 Å². The molecular formula is C22H16Cl2N2O3S. The first-order chi connectivity index (χ1) is 14.5. The van der Waals surface area contributed by atoms with Gasteiger partial charge in [-0.1, -0.05) is 46.7 Å². The molecule has 1 aromatic heterocycles. The molecule has 30 heavy (non-hydrogen) atoms. The molecule has 0 saturated carbocycles. The number of aromatic nitrogens is 1. The number of para-hydroxylation sites is 1. The number of halogens is 2. The molecule has 0 aliphatic carbocycles. The summed E-state index contributed by atoms with van der Waals surface area (Å²) >= 11 is 13.8. The molecular weight excluding hydrogens is 443 g/mol. The van der Waals surface area contributed by atoms with Crippen LogP contribution in [0.5, 0.6) is 11.5 Å². The van der Waals surface area contributed by atoms with Gasteiger partial charge in [0.2, 0.25) is 0 Å². The number of anilines is 2. The zero-order valence-electron chi connectivity index (χ0n) is 16.1. The van der Waals surface area contributed by atoms with Gasteiger partial charge in [-0.2, -0.15) is 0 Å². The molecule has 0 saturated heterocycles. The number of thiazole rings is 1. The van der Waals surface area contributed by atoms with Crippen molar-refractivity contribution in [2.45, 2.75) is 0 Å². The number of methoxy groups -OCH3 is 2. The zero-order chi connectivity index (χ0) is 21.3. The molecule has 0 N–H and O–H groups in total. The van der Waals surface area contributed by atoms with E-state index in [-0.39, 0.29) is 10.9 Å². The third-order valence-corrected chi connectivity index (χ3v) is 6.03. The second kappa shape index (κ2) is 8.52. The number of carbonyl (C=O) groups is 1. The Bertz CT molecular complexity index is 1210. The van der Waals surface area contributed by atoms with Crippen molar-refractivity contribution in [2.75, 3.05) is 19.1 Å². The fraction of sp³-hybridized carbons (Fsp3) is 0.0909. The van der Waals surface area contributed by atoms with E-state index in [0.29, 0.717) is 32.9 Å². The first-order valence-corrected chi connectivity index (χ1v) is 10.5. The summed E-state index contributed by atoms with van der Waals surface area (Å²) in [6.45, 7) is 0. The smallest absolute Gasteiger partial charge is 0.266 e. The average molecular weight is 459 g/mol. The van der Waals surface area contributed by atoms with Crippen LogP contribution in [0.4, 0.5) is 10.8 Å². The molecule has 0 bridgehead atoms. The largest absolute Gasteiger partial charge is 0.493 e. The lowest BCUT2D eigenvalue weighted by atomic mass is 10.1. The quantitative estimate of drug-likeness (QED) is 0.338. The predicted octanol–water partition coefficient (Wildman–Crippen LogP) is 6.60. The minimum Gasteiger partial charge on any atom is -0.493 e. The molecule has 152 valence electrons. The van der Waals surface area contributed by atoms with E-state index in [4.69, 9.17) is 32.7 Å². The Morgan fingerprint density at radius 1 is 0.967 bits per heavy atom. The molecule has 1 amide bonds. The molecule has 0 unspecified atom stereocenters. The molecule has 3 aromatic carbocycles. The summed E-state index contributed by atoms with van der Waals surface area (Å²) in [5.41, 5.74) is 1.69. The van der Waals surface area contributed by atoms with Crippen LogP contribution >= 0.6 is 34.5 Å². The summed E-state index contributed by atoms with van der Waals surface area (Å²) in [5.74, 6) is 0.724. The Hall–Kier alpha value is -2.80. The maximum absolute atomic E-state index is 13.6. The molecule has 0 aliphatic heterocycles. The molecule has 4 rings (SSSR count).